The van der Waals surface area contributed by atoms with E-state index < -0.39 is 0 Å². The number of likely N-dealkylation sites (tertiary alicyclic amines) is 1. The summed E-state index contributed by atoms with van der Waals surface area (Å²) in [4.78, 5) is 10.2. The summed E-state index contributed by atoms with van der Waals surface area (Å²) in [7, 11) is 4.46. The quantitative estimate of drug-likeness (QED) is 0.466. The third kappa shape index (κ3) is 4.76. The van der Waals surface area contributed by atoms with Gasteiger partial charge in [0.05, 0.1) is 46.2 Å². The van der Waals surface area contributed by atoms with Crippen LogP contribution in [0.3, 0.4) is 0 Å². The van der Waals surface area contributed by atoms with Crippen molar-refractivity contribution >= 4 is 17.1 Å². The number of aromatic nitrogens is 1. The fraction of sp³-hybridized carbons (Fsp3) is 0.545. The molecule has 2 aliphatic heterocycles. The topological polar surface area (TPSA) is 58.8 Å². The number of benzene rings is 1. The molecule has 4 aliphatic rings. The van der Waals surface area contributed by atoms with Crippen LogP contribution in [0.15, 0.2) is 41.5 Å². The van der Waals surface area contributed by atoms with E-state index in [-0.39, 0.29) is 0 Å². The summed E-state index contributed by atoms with van der Waals surface area (Å²) in [5.41, 5.74) is 8.90. The molecular formula is C33H42N6. The molecule has 1 saturated heterocycles. The zero-order valence-corrected chi connectivity index (χ0v) is 24.0. The number of nitriles is 1. The van der Waals surface area contributed by atoms with Crippen molar-refractivity contribution in [1.29, 1.82) is 5.26 Å². The largest absolute Gasteiger partial charge is 0.369 e. The molecule has 0 bridgehead atoms. The van der Waals surface area contributed by atoms with Crippen LogP contribution in [0.4, 0.5) is 5.69 Å². The normalized spacial score (nSPS) is 25.4. The first-order chi connectivity index (χ1) is 19.0. The van der Waals surface area contributed by atoms with Gasteiger partial charge in [0.15, 0.2) is 0 Å². The van der Waals surface area contributed by atoms with Crippen LogP contribution in [-0.4, -0.2) is 59.8 Å². The molecule has 3 heterocycles. The van der Waals surface area contributed by atoms with Crippen molar-refractivity contribution in [2.45, 2.75) is 77.3 Å². The summed E-state index contributed by atoms with van der Waals surface area (Å²) in [6.45, 7) is 6.51. The highest BCUT2D eigenvalue weighted by molar-refractivity contribution is 6.06. The van der Waals surface area contributed by atoms with Crippen LogP contribution in [0.1, 0.15) is 79.9 Å². The highest BCUT2D eigenvalue weighted by Gasteiger charge is 2.46. The van der Waals surface area contributed by atoms with Crippen LogP contribution >= 0.6 is 0 Å². The van der Waals surface area contributed by atoms with Crippen LogP contribution in [0.25, 0.3) is 5.70 Å². The number of hydrogen-bond donors (Lipinski definition) is 0. The second kappa shape index (κ2) is 10.8. The Morgan fingerprint density at radius 1 is 1.15 bits per heavy atom. The molecule has 3 atom stereocenters. The Morgan fingerprint density at radius 3 is 2.67 bits per heavy atom. The monoisotopic (exact) mass is 522 g/mol. The van der Waals surface area contributed by atoms with E-state index in [0.717, 1.165) is 54.9 Å². The van der Waals surface area contributed by atoms with E-state index in [2.05, 4.69) is 72.2 Å². The number of likely N-dealkylation sites (N-methyl/N-ethyl adjacent to an activating group) is 2. The van der Waals surface area contributed by atoms with Crippen molar-refractivity contribution < 1.29 is 0 Å². The Bertz CT molecular complexity index is 1330. The first kappa shape index (κ1) is 26.1. The van der Waals surface area contributed by atoms with Gasteiger partial charge in [0.1, 0.15) is 0 Å². The molecule has 1 saturated carbocycles. The lowest BCUT2D eigenvalue weighted by molar-refractivity contribution is 0.329. The summed E-state index contributed by atoms with van der Waals surface area (Å²) in [6.07, 6.45) is 11.9. The van der Waals surface area contributed by atoms with Gasteiger partial charge in [-0.3, -0.25) is 9.99 Å². The van der Waals surface area contributed by atoms with Gasteiger partial charge >= 0.3 is 0 Å². The molecular weight excluding hydrogens is 480 g/mol. The molecule has 6 heteroatoms. The molecule has 0 amide bonds. The summed E-state index contributed by atoms with van der Waals surface area (Å²) in [5, 5.41) is 17.1. The van der Waals surface area contributed by atoms with Gasteiger partial charge in [-0.15, -0.1) is 0 Å². The van der Waals surface area contributed by atoms with Crippen LogP contribution < -0.4 is 5.01 Å². The summed E-state index contributed by atoms with van der Waals surface area (Å²) >= 11 is 0. The number of hydrogen-bond acceptors (Lipinski definition) is 6. The third-order valence-corrected chi connectivity index (χ3v) is 9.64. The molecule has 39 heavy (non-hydrogen) atoms. The van der Waals surface area contributed by atoms with E-state index in [4.69, 9.17) is 10.1 Å². The SMILES string of the molecule is CCC=C(c1ccc2c(n1)CCC1C2=NN(c2ccc(C#N)c(C)c2)C1C1CCCC1)N(C)C1CCN(C)C1. The van der Waals surface area contributed by atoms with Crippen LogP contribution in [-0.2, 0) is 6.42 Å². The van der Waals surface area contributed by atoms with E-state index in [0.29, 0.717) is 23.9 Å². The van der Waals surface area contributed by atoms with E-state index >= 15 is 0 Å². The van der Waals surface area contributed by atoms with Crippen molar-refractivity contribution in [2.24, 2.45) is 16.9 Å². The lowest BCUT2D eigenvalue weighted by Crippen LogP contribution is -2.40. The maximum absolute atomic E-state index is 9.47. The Hall–Kier alpha value is -3.17. The third-order valence-electron chi connectivity index (χ3n) is 9.64. The molecule has 0 N–H and O–H groups in total. The van der Waals surface area contributed by atoms with Crippen molar-refractivity contribution in [3.8, 4) is 6.07 Å². The lowest BCUT2D eigenvalue weighted by atomic mass is 9.76. The summed E-state index contributed by atoms with van der Waals surface area (Å²) < 4.78 is 0. The minimum atomic E-state index is 0.392. The van der Waals surface area contributed by atoms with E-state index in [1.54, 1.807) is 0 Å². The van der Waals surface area contributed by atoms with Gasteiger partial charge in [-0.2, -0.15) is 10.4 Å². The van der Waals surface area contributed by atoms with Gasteiger partial charge in [0, 0.05) is 31.1 Å². The number of anilines is 1. The van der Waals surface area contributed by atoms with Crippen molar-refractivity contribution in [2.75, 3.05) is 32.2 Å². The number of allylic oxidation sites excluding steroid dienone is 1. The molecule has 204 valence electrons. The number of hydrazone groups is 1. The van der Waals surface area contributed by atoms with Gasteiger partial charge in [-0.25, -0.2) is 0 Å². The molecule has 0 spiro atoms. The molecule has 6 nitrogen and oxygen atoms in total. The van der Waals surface area contributed by atoms with E-state index in [1.165, 1.54) is 54.8 Å². The summed E-state index contributed by atoms with van der Waals surface area (Å²) in [6, 6.07) is 14.0. The van der Waals surface area contributed by atoms with E-state index in [9.17, 15) is 5.26 Å². The Balaban J connectivity index is 1.35. The van der Waals surface area contributed by atoms with Crippen LogP contribution in [0, 0.1) is 30.1 Å². The van der Waals surface area contributed by atoms with Gasteiger partial charge < -0.3 is 9.80 Å². The second-order valence-electron chi connectivity index (χ2n) is 12.1. The predicted octanol–water partition coefficient (Wildman–Crippen LogP) is 5.99. The fourth-order valence-electron chi connectivity index (χ4n) is 7.53. The average molecular weight is 523 g/mol. The zero-order chi connectivity index (χ0) is 27.1. The van der Waals surface area contributed by atoms with Crippen molar-refractivity contribution in [1.82, 2.24) is 14.8 Å². The highest BCUT2D eigenvalue weighted by Crippen LogP contribution is 2.45. The van der Waals surface area contributed by atoms with Crippen molar-refractivity contribution in [3.63, 3.8) is 0 Å². The molecule has 1 aromatic carbocycles. The van der Waals surface area contributed by atoms with Gasteiger partial charge in [0.25, 0.3) is 0 Å². The molecule has 6 rings (SSSR count). The molecule has 2 aliphatic carbocycles. The van der Waals surface area contributed by atoms with Gasteiger partial charge in [-0.05, 0) is 101 Å². The highest BCUT2D eigenvalue weighted by atomic mass is 15.5. The molecule has 1 aromatic heterocycles. The predicted molar refractivity (Wildman–Crippen MR) is 159 cm³/mol. The molecule has 2 aromatic rings. The first-order valence-corrected chi connectivity index (χ1v) is 15.0. The molecule has 3 unspecified atom stereocenters. The van der Waals surface area contributed by atoms with Crippen LogP contribution in [0.5, 0.6) is 0 Å². The lowest BCUT2D eigenvalue weighted by Gasteiger charge is -2.34. The summed E-state index contributed by atoms with van der Waals surface area (Å²) in [5.74, 6) is 1.10. The number of pyridine rings is 1. The Morgan fingerprint density at radius 2 is 1.97 bits per heavy atom. The number of rotatable bonds is 6. The first-order valence-electron chi connectivity index (χ1n) is 15.0. The maximum atomic E-state index is 9.47. The Labute approximate surface area is 234 Å². The number of fused-ring (bicyclic) bond motifs is 3. The minimum Gasteiger partial charge on any atom is -0.369 e. The van der Waals surface area contributed by atoms with Gasteiger partial charge in [-0.1, -0.05) is 25.8 Å². The fourth-order valence-corrected chi connectivity index (χ4v) is 7.53. The second-order valence-corrected chi connectivity index (χ2v) is 12.1. The zero-order valence-electron chi connectivity index (χ0n) is 24.0. The maximum Gasteiger partial charge on any atom is 0.0994 e. The van der Waals surface area contributed by atoms with Crippen molar-refractivity contribution in [3.05, 3.63) is 64.5 Å². The number of aryl methyl sites for hydroxylation is 2. The van der Waals surface area contributed by atoms with Gasteiger partial charge in [0.2, 0.25) is 0 Å². The van der Waals surface area contributed by atoms with E-state index in [1.807, 2.05) is 13.0 Å². The minimum absolute atomic E-state index is 0.392. The Kier molecular flexibility index (Phi) is 7.20. The molecule has 2 fully saturated rings. The average Bonchev–Trinajstić information content (AvgIpc) is 3.70. The smallest absolute Gasteiger partial charge is 0.0994 e. The van der Waals surface area contributed by atoms with Crippen LogP contribution in [0.2, 0.25) is 0 Å². The number of nitrogens with zero attached hydrogens (tertiary/aromatic N) is 6. The standard InChI is InChI=1S/C33H42N6/c1-5-8-31(38(4)26-17-18-37(3)21-26)30-16-13-27-29(35-30)15-14-28-32(27)36-39(33(28)23-9-6-7-10-23)25-12-11-24(20-34)22(2)19-25/h8,11-13,16,19,23,26,28,33H,5-7,9-10,14-15,17-18,21H2,1-4H3. The molecule has 0 radical (unpaired) electrons.